The molecule has 1 aromatic heterocycles. The molecule has 2 amide bonds. The van der Waals surface area contributed by atoms with Gasteiger partial charge in [-0.25, -0.2) is 10.5 Å². The number of carbonyl (C=O) groups is 2. The van der Waals surface area contributed by atoms with E-state index in [-0.39, 0.29) is 11.3 Å². The average molecular weight is 307 g/mol. The van der Waals surface area contributed by atoms with Crippen molar-refractivity contribution in [2.24, 2.45) is 0 Å². The predicted octanol–water partition coefficient (Wildman–Crippen LogP) is 2.61. The summed E-state index contributed by atoms with van der Waals surface area (Å²) in [5, 5.41) is 12.3. The molecule has 3 N–H and O–H groups in total. The summed E-state index contributed by atoms with van der Waals surface area (Å²) in [6.45, 7) is 0. The maximum absolute atomic E-state index is 12.5. The van der Waals surface area contributed by atoms with Gasteiger partial charge < -0.3 is 5.32 Å². The summed E-state index contributed by atoms with van der Waals surface area (Å²) in [5.41, 5.74) is 2.62. The third kappa shape index (κ3) is 3.02. The van der Waals surface area contributed by atoms with Crippen LogP contribution >= 0.6 is 0 Å². The van der Waals surface area contributed by atoms with Gasteiger partial charge in [0, 0.05) is 11.1 Å². The fraction of sp³-hybridized carbons (Fsp3) is 0. The molecule has 3 aromatic rings. The lowest BCUT2D eigenvalue weighted by Gasteiger charge is -2.10. The molecule has 0 aliphatic heterocycles. The molecule has 6 nitrogen and oxygen atoms in total. The Balaban J connectivity index is 2.07. The van der Waals surface area contributed by atoms with E-state index in [0.717, 1.165) is 5.39 Å². The second-order valence-electron chi connectivity index (χ2n) is 4.84. The number of nitrogens with one attached hydrogen (secondary N) is 2. The van der Waals surface area contributed by atoms with Crippen LogP contribution in [0.2, 0.25) is 0 Å². The molecule has 0 atom stereocenters. The standard InChI is InChI=1S/C17H13N3O3/c21-16(18-12-7-2-1-3-8-12)13-10-11-6-4-5-9-14(11)19-15(13)17(22)20-23/h1-10,23H,(H,18,21)(H,20,22). The van der Waals surface area contributed by atoms with Gasteiger partial charge in [0.25, 0.3) is 11.8 Å². The van der Waals surface area contributed by atoms with Gasteiger partial charge in [-0.1, -0.05) is 36.4 Å². The van der Waals surface area contributed by atoms with E-state index < -0.39 is 11.8 Å². The molecular formula is C17H13N3O3. The number of pyridine rings is 1. The number of amides is 2. The highest BCUT2D eigenvalue weighted by Gasteiger charge is 2.20. The Labute approximate surface area is 131 Å². The van der Waals surface area contributed by atoms with E-state index in [0.29, 0.717) is 11.2 Å². The highest BCUT2D eigenvalue weighted by molar-refractivity contribution is 6.12. The Hall–Kier alpha value is -3.25. The number of anilines is 1. The topological polar surface area (TPSA) is 91.3 Å². The molecule has 23 heavy (non-hydrogen) atoms. The monoisotopic (exact) mass is 307 g/mol. The van der Waals surface area contributed by atoms with Crippen molar-refractivity contribution in [1.29, 1.82) is 0 Å². The highest BCUT2D eigenvalue weighted by atomic mass is 16.5. The zero-order chi connectivity index (χ0) is 16.2. The number of carbonyl (C=O) groups excluding carboxylic acids is 2. The minimum Gasteiger partial charge on any atom is -0.322 e. The van der Waals surface area contributed by atoms with Crippen LogP contribution in [-0.4, -0.2) is 22.0 Å². The van der Waals surface area contributed by atoms with Gasteiger partial charge in [-0.3, -0.25) is 14.8 Å². The lowest BCUT2D eigenvalue weighted by molar-refractivity contribution is 0.0697. The van der Waals surface area contributed by atoms with Crippen LogP contribution in [0.15, 0.2) is 60.7 Å². The normalized spacial score (nSPS) is 10.3. The van der Waals surface area contributed by atoms with Gasteiger partial charge in [-0.05, 0) is 24.3 Å². The smallest absolute Gasteiger partial charge is 0.294 e. The van der Waals surface area contributed by atoms with Crippen LogP contribution in [0.4, 0.5) is 5.69 Å². The molecule has 0 radical (unpaired) electrons. The van der Waals surface area contributed by atoms with Crippen molar-refractivity contribution in [3.63, 3.8) is 0 Å². The molecule has 1 heterocycles. The molecule has 0 aliphatic rings. The van der Waals surface area contributed by atoms with Gasteiger partial charge in [0.2, 0.25) is 0 Å². The molecule has 3 rings (SSSR count). The minimum atomic E-state index is -0.839. The second-order valence-corrected chi connectivity index (χ2v) is 4.84. The zero-order valence-corrected chi connectivity index (χ0v) is 12.0. The number of nitrogens with zero attached hydrogens (tertiary/aromatic N) is 1. The van der Waals surface area contributed by atoms with E-state index in [2.05, 4.69) is 10.3 Å². The number of hydrogen-bond donors (Lipinski definition) is 3. The van der Waals surface area contributed by atoms with Gasteiger partial charge in [0.1, 0.15) is 5.69 Å². The maximum Gasteiger partial charge on any atom is 0.294 e. The largest absolute Gasteiger partial charge is 0.322 e. The van der Waals surface area contributed by atoms with Crippen LogP contribution in [-0.2, 0) is 0 Å². The number of para-hydroxylation sites is 2. The van der Waals surface area contributed by atoms with E-state index in [1.165, 1.54) is 5.48 Å². The summed E-state index contributed by atoms with van der Waals surface area (Å²) in [7, 11) is 0. The van der Waals surface area contributed by atoms with Gasteiger partial charge in [0.05, 0.1) is 11.1 Å². The van der Waals surface area contributed by atoms with Crippen molar-refractivity contribution in [2.45, 2.75) is 0 Å². The summed E-state index contributed by atoms with van der Waals surface area (Å²) in [5.74, 6) is -1.32. The van der Waals surface area contributed by atoms with E-state index in [1.807, 2.05) is 12.1 Å². The number of hydrogen-bond acceptors (Lipinski definition) is 4. The van der Waals surface area contributed by atoms with E-state index in [4.69, 9.17) is 5.21 Å². The van der Waals surface area contributed by atoms with E-state index in [9.17, 15) is 9.59 Å². The number of fused-ring (bicyclic) bond motifs is 1. The van der Waals surface area contributed by atoms with Gasteiger partial charge >= 0.3 is 0 Å². The first-order valence-corrected chi connectivity index (χ1v) is 6.89. The minimum absolute atomic E-state index is 0.0825. The molecule has 0 unspecified atom stereocenters. The molecule has 0 bridgehead atoms. The van der Waals surface area contributed by atoms with Crippen LogP contribution in [0.5, 0.6) is 0 Å². The van der Waals surface area contributed by atoms with E-state index >= 15 is 0 Å². The average Bonchev–Trinajstić information content (AvgIpc) is 2.60. The Morgan fingerprint density at radius 2 is 1.61 bits per heavy atom. The van der Waals surface area contributed by atoms with Crippen LogP contribution < -0.4 is 10.8 Å². The third-order valence-electron chi connectivity index (χ3n) is 3.32. The first kappa shape index (κ1) is 14.7. The number of hydroxylamine groups is 1. The summed E-state index contributed by atoms with van der Waals surface area (Å²) >= 11 is 0. The summed E-state index contributed by atoms with van der Waals surface area (Å²) in [6, 6.07) is 17.6. The van der Waals surface area contributed by atoms with Crippen LogP contribution in [0.25, 0.3) is 10.9 Å². The quantitative estimate of drug-likeness (QED) is 0.512. The fourth-order valence-corrected chi connectivity index (χ4v) is 2.23. The molecule has 0 saturated heterocycles. The van der Waals surface area contributed by atoms with E-state index in [1.54, 1.807) is 48.5 Å². The van der Waals surface area contributed by atoms with Gasteiger partial charge in [-0.15, -0.1) is 0 Å². The second kappa shape index (κ2) is 6.25. The third-order valence-corrected chi connectivity index (χ3v) is 3.32. The SMILES string of the molecule is O=C(Nc1ccccc1)c1cc2ccccc2nc1C(=O)NO. The number of aromatic nitrogens is 1. The van der Waals surface area contributed by atoms with Gasteiger partial charge in [-0.2, -0.15) is 0 Å². The summed E-state index contributed by atoms with van der Waals surface area (Å²) in [4.78, 5) is 28.5. The van der Waals surface area contributed by atoms with Crippen molar-refractivity contribution < 1.29 is 14.8 Å². The van der Waals surface area contributed by atoms with Crippen molar-refractivity contribution in [3.8, 4) is 0 Å². The van der Waals surface area contributed by atoms with Crippen LogP contribution in [0, 0.1) is 0 Å². The molecule has 6 heteroatoms. The maximum atomic E-state index is 12.5. The van der Waals surface area contributed by atoms with Crippen LogP contribution in [0.3, 0.4) is 0 Å². The Morgan fingerprint density at radius 3 is 2.35 bits per heavy atom. The summed E-state index contributed by atoms with van der Waals surface area (Å²) in [6.07, 6.45) is 0. The van der Waals surface area contributed by atoms with Crippen molar-refractivity contribution >= 4 is 28.4 Å². The Bertz CT molecular complexity index is 879. The Morgan fingerprint density at radius 1 is 0.913 bits per heavy atom. The fourth-order valence-electron chi connectivity index (χ4n) is 2.23. The number of rotatable bonds is 3. The lowest BCUT2D eigenvalue weighted by atomic mass is 10.1. The van der Waals surface area contributed by atoms with Crippen molar-refractivity contribution in [1.82, 2.24) is 10.5 Å². The Kier molecular flexibility index (Phi) is 3.99. The number of benzene rings is 2. The molecule has 2 aromatic carbocycles. The highest BCUT2D eigenvalue weighted by Crippen LogP contribution is 2.18. The van der Waals surface area contributed by atoms with Crippen molar-refractivity contribution in [3.05, 3.63) is 71.9 Å². The molecule has 114 valence electrons. The lowest BCUT2D eigenvalue weighted by Crippen LogP contribution is -2.25. The summed E-state index contributed by atoms with van der Waals surface area (Å²) < 4.78 is 0. The van der Waals surface area contributed by atoms with Gasteiger partial charge in [0.15, 0.2) is 0 Å². The first-order valence-electron chi connectivity index (χ1n) is 6.89. The first-order chi connectivity index (χ1) is 11.2. The predicted molar refractivity (Wildman–Crippen MR) is 85.4 cm³/mol. The van der Waals surface area contributed by atoms with Crippen molar-refractivity contribution in [2.75, 3.05) is 5.32 Å². The molecule has 0 fully saturated rings. The molecule has 0 saturated carbocycles. The molecular weight excluding hydrogens is 294 g/mol. The van der Waals surface area contributed by atoms with Crippen LogP contribution in [0.1, 0.15) is 20.8 Å². The molecule has 0 spiro atoms. The zero-order valence-electron chi connectivity index (χ0n) is 12.0. The molecule has 0 aliphatic carbocycles.